The normalized spacial score (nSPS) is 12.4. The minimum atomic E-state index is -0.244. The van der Waals surface area contributed by atoms with Gasteiger partial charge in [-0.3, -0.25) is 4.79 Å². The third kappa shape index (κ3) is 2.20. The standard InChI is InChI=1S/C13H14N2O/c1-9(14)13(16)15-12-7-6-10-4-2-3-5-11(10)8-12/h2-9H,14H2,1H3,(H,15,16)/p+1/t9-/m0/s1. The molecule has 0 saturated heterocycles. The average Bonchev–Trinajstić information content (AvgIpc) is 2.28. The smallest absolute Gasteiger partial charge is 0.282 e. The number of hydrogen-bond donors (Lipinski definition) is 2. The first-order valence-electron chi connectivity index (χ1n) is 5.29. The number of benzene rings is 2. The zero-order chi connectivity index (χ0) is 11.5. The van der Waals surface area contributed by atoms with Crippen molar-refractivity contribution >= 4 is 22.4 Å². The Hall–Kier alpha value is -1.87. The van der Waals surface area contributed by atoms with E-state index in [0.29, 0.717) is 0 Å². The molecule has 0 saturated carbocycles. The summed E-state index contributed by atoms with van der Waals surface area (Å²) in [5.74, 6) is -0.0599. The molecule has 0 aliphatic carbocycles. The molecule has 0 aliphatic rings. The van der Waals surface area contributed by atoms with Gasteiger partial charge in [-0.25, -0.2) is 0 Å². The van der Waals surface area contributed by atoms with Gasteiger partial charge < -0.3 is 11.1 Å². The first-order valence-corrected chi connectivity index (χ1v) is 5.29. The number of nitrogens with one attached hydrogen (secondary N) is 1. The second-order valence-corrected chi connectivity index (χ2v) is 3.95. The molecule has 82 valence electrons. The number of anilines is 1. The summed E-state index contributed by atoms with van der Waals surface area (Å²) in [6.07, 6.45) is 0. The molecule has 0 spiro atoms. The van der Waals surface area contributed by atoms with E-state index in [1.807, 2.05) is 42.5 Å². The van der Waals surface area contributed by atoms with E-state index in [4.69, 9.17) is 0 Å². The molecule has 0 unspecified atom stereocenters. The predicted molar refractivity (Wildman–Crippen MR) is 64.9 cm³/mol. The van der Waals surface area contributed by atoms with Crippen molar-refractivity contribution in [2.45, 2.75) is 13.0 Å². The molecule has 2 rings (SSSR count). The van der Waals surface area contributed by atoms with E-state index in [0.717, 1.165) is 11.1 Å². The number of carbonyl (C=O) groups is 1. The van der Waals surface area contributed by atoms with Crippen LogP contribution in [0.2, 0.25) is 0 Å². The van der Waals surface area contributed by atoms with Crippen molar-refractivity contribution < 1.29 is 10.5 Å². The molecule has 0 fully saturated rings. The third-order valence-electron chi connectivity index (χ3n) is 2.46. The molecule has 0 heterocycles. The van der Waals surface area contributed by atoms with Gasteiger partial charge in [-0.1, -0.05) is 30.3 Å². The fraction of sp³-hybridized carbons (Fsp3) is 0.154. The summed E-state index contributed by atoms with van der Waals surface area (Å²) < 4.78 is 0. The number of hydrogen-bond acceptors (Lipinski definition) is 1. The Balaban J connectivity index is 2.29. The second kappa shape index (κ2) is 4.33. The zero-order valence-electron chi connectivity index (χ0n) is 9.23. The number of rotatable bonds is 2. The summed E-state index contributed by atoms with van der Waals surface area (Å²) in [4.78, 5) is 11.5. The lowest BCUT2D eigenvalue weighted by molar-refractivity contribution is -0.396. The van der Waals surface area contributed by atoms with E-state index >= 15 is 0 Å². The molecule has 0 radical (unpaired) electrons. The Bertz CT molecular complexity index is 520. The Kier molecular flexibility index (Phi) is 2.88. The van der Waals surface area contributed by atoms with Gasteiger partial charge in [-0.05, 0) is 29.8 Å². The van der Waals surface area contributed by atoms with E-state index in [9.17, 15) is 4.79 Å². The molecular weight excluding hydrogens is 200 g/mol. The SMILES string of the molecule is C[C@H]([NH3+])C(=O)Nc1ccc2ccccc2c1. The Morgan fingerprint density at radius 1 is 1.19 bits per heavy atom. The summed E-state index contributed by atoms with van der Waals surface area (Å²) in [6, 6.07) is 13.7. The minimum Gasteiger partial charge on any atom is -0.348 e. The molecule has 16 heavy (non-hydrogen) atoms. The molecular formula is C13H15N2O+. The fourth-order valence-corrected chi connectivity index (χ4v) is 1.53. The Labute approximate surface area is 94.3 Å². The van der Waals surface area contributed by atoms with E-state index in [-0.39, 0.29) is 11.9 Å². The minimum absolute atomic E-state index is 0.0599. The van der Waals surface area contributed by atoms with Crippen LogP contribution in [0.15, 0.2) is 42.5 Å². The van der Waals surface area contributed by atoms with Crippen LogP contribution in [-0.2, 0) is 4.79 Å². The van der Waals surface area contributed by atoms with Crippen molar-refractivity contribution in [2.24, 2.45) is 0 Å². The van der Waals surface area contributed by atoms with Crippen molar-refractivity contribution in [3.8, 4) is 0 Å². The van der Waals surface area contributed by atoms with E-state index in [1.165, 1.54) is 5.39 Å². The van der Waals surface area contributed by atoms with Gasteiger partial charge in [0.1, 0.15) is 0 Å². The topological polar surface area (TPSA) is 56.7 Å². The molecule has 0 aromatic heterocycles. The highest BCUT2D eigenvalue weighted by Crippen LogP contribution is 2.18. The largest absolute Gasteiger partial charge is 0.348 e. The van der Waals surface area contributed by atoms with Crippen LogP contribution < -0.4 is 11.1 Å². The van der Waals surface area contributed by atoms with E-state index in [2.05, 4.69) is 11.1 Å². The van der Waals surface area contributed by atoms with Gasteiger partial charge in [0.05, 0.1) is 0 Å². The van der Waals surface area contributed by atoms with Crippen LogP contribution in [0, 0.1) is 0 Å². The lowest BCUT2D eigenvalue weighted by Crippen LogP contribution is -2.64. The average molecular weight is 215 g/mol. The maximum absolute atomic E-state index is 11.5. The van der Waals surface area contributed by atoms with Crippen LogP contribution in [0.3, 0.4) is 0 Å². The van der Waals surface area contributed by atoms with Gasteiger partial charge in [-0.2, -0.15) is 0 Å². The molecule has 3 nitrogen and oxygen atoms in total. The fourth-order valence-electron chi connectivity index (χ4n) is 1.53. The highest BCUT2D eigenvalue weighted by molar-refractivity contribution is 5.96. The summed E-state index contributed by atoms with van der Waals surface area (Å²) in [5.41, 5.74) is 4.50. The van der Waals surface area contributed by atoms with Gasteiger partial charge >= 0.3 is 0 Å². The lowest BCUT2D eigenvalue weighted by Gasteiger charge is -2.06. The first-order chi connectivity index (χ1) is 7.66. The summed E-state index contributed by atoms with van der Waals surface area (Å²) in [7, 11) is 0. The summed E-state index contributed by atoms with van der Waals surface area (Å²) in [6.45, 7) is 1.77. The zero-order valence-corrected chi connectivity index (χ0v) is 9.23. The van der Waals surface area contributed by atoms with Crippen LogP contribution in [0.5, 0.6) is 0 Å². The molecule has 0 bridgehead atoms. The summed E-state index contributed by atoms with van der Waals surface area (Å²) in [5, 5.41) is 5.12. The first kappa shape index (κ1) is 10.6. The summed E-state index contributed by atoms with van der Waals surface area (Å²) >= 11 is 0. The second-order valence-electron chi connectivity index (χ2n) is 3.95. The molecule has 1 amide bonds. The Morgan fingerprint density at radius 2 is 1.88 bits per heavy atom. The van der Waals surface area contributed by atoms with Crippen molar-refractivity contribution in [3.05, 3.63) is 42.5 Å². The number of quaternary nitrogens is 1. The monoisotopic (exact) mass is 215 g/mol. The lowest BCUT2D eigenvalue weighted by atomic mass is 10.1. The number of carbonyl (C=O) groups excluding carboxylic acids is 1. The van der Waals surface area contributed by atoms with Crippen LogP contribution >= 0.6 is 0 Å². The molecule has 4 N–H and O–H groups in total. The molecule has 2 aromatic carbocycles. The maximum Gasteiger partial charge on any atom is 0.282 e. The quantitative estimate of drug-likeness (QED) is 0.781. The van der Waals surface area contributed by atoms with Crippen LogP contribution in [-0.4, -0.2) is 11.9 Å². The maximum atomic E-state index is 11.5. The van der Waals surface area contributed by atoms with Crippen LogP contribution in [0.4, 0.5) is 5.69 Å². The van der Waals surface area contributed by atoms with Crippen LogP contribution in [0.25, 0.3) is 10.8 Å². The van der Waals surface area contributed by atoms with Crippen molar-refractivity contribution in [1.29, 1.82) is 0 Å². The van der Waals surface area contributed by atoms with Crippen molar-refractivity contribution in [3.63, 3.8) is 0 Å². The van der Waals surface area contributed by atoms with Gasteiger partial charge in [0.15, 0.2) is 6.04 Å². The molecule has 2 aromatic rings. The Morgan fingerprint density at radius 3 is 2.56 bits per heavy atom. The van der Waals surface area contributed by atoms with E-state index in [1.54, 1.807) is 6.92 Å². The third-order valence-corrected chi connectivity index (χ3v) is 2.46. The van der Waals surface area contributed by atoms with Crippen molar-refractivity contribution in [2.75, 3.05) is 5.32 Å². The van der Waals surface area contributed by atoms with E-state index < -0.39 is 0 Å². The van der Waals surface area contributed by atoms with Gasteiger partial charge in [-0.15, -0.1) is 0 Å². The van der Waals surface area contributed by atoms with Gasteiger partial charge in [0.2, 0.25) is 0 Å². The molecule has 0 aliphatic heterocycles. The predicted octanol–water partition coefficient (Wildman–Crippen LogP) is 1.41. The van der Waals surface area contributed by atoms with Gasteiger partial charge in [0.25, 0.3) is 5.91 Å². The number of fused-ring (bicyclic) bond motifs is 1. The van der Waals surface area contributed by atoms with Crippen molar-refractivity contribution in [1.82, 2.24) is 0 Å². The molecule has 3 heteroatoms. The highest BCUT2D eigenvalue weighted by Gasteiger charge is 2.10. The molecule has 1 atom stereocenters. The van der Waals surface area contributed by atoms with Crippen LogP contribution in [0.1, 0.15) is 6.92 Å². The highest BCUT2D eigenvalue weighted by atomic mass is 16.2. The number of amides is 1. The van der Waals surface area contributed by atoms with Gasteiger partial charge in [0, 0.05) is 5.69 Å².